The molecule has 0 unspecified atom stereocenters. The van der Waals surface area contributed by atoms with E-state index in [1.165, 1.54) is 12.1 Å². The molecule has 0 amide bonds. The fourth-order valence-corrected chi connectivity index (χ4v) is 2.69. The predicted octanol–water partition coefficient (Wildman–Crippen LogP) is 3.33. The van der Waals surface area contributed by atoms with Crippen LogP contribution >= 0.6 is 0 Å². The first-order valence-corrected chi connectivity index (χ1v) is 8.70. The summed E-state index contributed by atoms with van der Waals surface area (Å²) in [5.74, 6) is 1.09. The van der Waals surface area contributed by atoms with Gasteiger partial charge in [-0.1, -0.05) is 18.2 Å². The van der Waals surface area contributed by atoms with Gasteiger partial charge in [0.2, 0.25) is 17.8 Å². The monoisotopic (exact) mass is 366 g/mol. The zero-order chi connectivity index (χ0) is 18.5. The van der Waals surface area contributed by atoms with Gasteiger partial charge in [0, 0.05) is 24.5 Å². The summed E-state index contributed by atoms with van der Waals surface area (Å²) < 4.78 is 18.5. The van der Waals surface area contributed by atoms with Gasteiger partial charge in [-0.2, -0.15) is 15.0 Å². The van der Waals surface area contributed by atoms with E-state index in [-0.39, 0.29) is 5.82 Å². The zero-order valence-electron chi connectivity index (χ0n) is 14.6. The van der Waals surface area contributed by atoms with Crippen molar-refractivity contribution in [2.45, 2.75) is 0 Å². The second-order valence-corrected chi connectivity index (χ2v) is 6.00. The molecule has 0 atom stereocenters. The standard InChI is InChI=1S/C19H19FN6O/c20-14-6-8-16(9-7-14)22-18-23-17(21-15-4-2-1-3-5-15)24-19(25-18)26-10-12-27-13-11-26/h1-9H,10-13H2,(H2,21,22,23,24,25). The Hall–Kier alpha value is -3.26. The number of benzene rings is 2. The van der Waals surface area contributed by atoms with E-state index in [1.807, 2.05) is 30.3 Å². The first-order chi connectivity index (χ1) is 13.3. The normalized spacial score (nSPS) is 14.0. The van der Waals surface area contributed by atoms with Crippen LogP contribution in [0.5, 0.6) is 0 Å². The fraction of sp³-hybridized carbons (Fsp3) is 0.211. The maximum absolute atomic E-state index is 13.1. The summed E-state index contributed by atoms with van der Waals surface area (Å²) in [6.45, 7) is 2.69. The summed E-state index contributed by atoms with van der Waals surface area (Å²) in [6, 6.07) is 15.7. The number of halogens is 1. The number of nitrogens with zero attached hydrogens (tertiary/aromatic N) is 4. The molecule has 0 saturated carbocycles. The Labute approximate surface area is 156 Å². The Morgan fingerprint density at radius 2 is 1.37 bits per heavy atom. The van der Waals surface area contributed by atoms with Crippen molar-refractivity contribution in [3.63, 3.8) is 0 Å². The smallest absolute Gasteiger partial charge is 0.233 e. The SMILES string of the molecule is Fc1ccc(Nc2nc(Nc3ccccc3)nc(N3CCOCC3)n2)cc1. The Morgan fingerprint density at radius 3 is 2.00 bits per heavy atom. The third-order valence-corrected chi connectivity index (χ3v) is 4.05. The summed E-state index contributed by atoms with van der Waals surface area (Å²) in [5, 5.41) is 6.31. The summed E-state index contributed by atoms with van der Waals surface area (Å²) in [4.78, 5) is 15.6. The topological polar surface area (TPSA) is 75.2 Å². The van der Waals surface area contributed by atoms with E-state index in [0.717, 1.165) is 5.69 Å². The molecular weight excluding hydrogens is 347 g/mol. The quantitative estimate of drug-likeness (QED) is 0.717. The summed E-state index contributed by atoms with van der Waals surface area (Å²) in [5.41, 5.74) is 1.57. The molecule has 1 aliphatic rings. The van der Waals surface area contributed by atoms with E-state index < -0.39 is 0 Å². The zero-order valence-corrected chi connectivity index (χ0v) is 14.6. The van der Waals surface area contributed by atoms with Crippen LogP contribution in [0.4, 0.5) is 33.6 Å². The molecule has 0 bridgehead atoms. The number of nitrogens with one attached hydrogen (secondary N) is 2. The number of hydrogen-bond donors (Lipinski definition) is 2. The highest BCUT2D eigenvalue weighted by molar-refractivity contribution is 5.59. The molecule has 7 nitrogen and oxygen atoms in total. The summed E-state index contributed by atoms with van der Waals surface area (Å²) >= 11 is 0. The molecule has 2 heterocycles. The highest BCUT2D eigenvalue weighted by atomic mass is 19.1. The second-order valence-electron chi connectivity index (χ2n) is 6.00. The largest absolute Gasteiger partial charge is 0.378 e. The highest BCUT2D eigenvalue weighted by Crippen LogP contribution is 2.21. The number of aromatic nitrogens is 3. The number of morpholine rings is 1. The van der Waals surface area contributed by atoms with Crippen LogP contribution in [0.2, 0.25) is 0 Å². The number of rotatable bonds is 5. The molecule has 8 heteroatoms. The molecular formula is C19H19FN6O. The van der Waals surface area contributed by atoms with Gasteiger partial charge >= 0.3 is 0 Å². The Bertz CT molecular complexity index is 884. The van der Waals surface area contributed by atoms with Crippen molar-refractivity contribution in [3.8, 4) is 0 Å². The maximum atomic E-state index is 13.1. The maximum Gasteiger partial charge on any atom is 0.233 e. The molecule has 3 aromatic rings. The Balaban J connectivity index is 1.63. The van der Waals surface area contributed by atoms with Crippen LogP contribution < -0.4 is 15.5 Å². The summed E-state index contributed by atoms with van der Waals surface area (Å²) in [6.07, 6.45) is 0. The lowest BCUT2D eigenvalue weighted by Crippen LogP contribution is -2.37. The molecule has 2 N–H and O–H groups in total. The van der Waals surface area contributed by atoms with Crippen molar-refractivity contribution in [2.75, 3.05) is 41.8 Å². The molecule has 0 aliphatic carbocycles. The van der Waals surface area contributed by atoms with Crippen molar-refractivity contribution in [2.24, 2.45) is 0 Å². The third kappa shape index (κ3) is 4.48. The lowest BCUT2D eigenvalue weighted by atomic mass is 10.3. The van der Waals surface area contributed by atoms with E-state index in [0.29, 0.717) is 49.8 Å². The first kappa shape index (κ1) is 17.2. The van der Waals surface area contributed by atoms with Gasteiger partial charge in [0.25, 0.3) is 0 Å². The first-order valence-electron chi connectivity index (χ1n) is 8.70. The molecule has 0 radical (unpaired) electrons. The van der Waals surface area contributed by atoms with Crippen LogP contribution in [0, 0.1) is 5.82 Å². The van der Waals surface area contributed by atoms with E-state index in [1.54, 1.807) is 12.1 Å². The van der Waals surface area contributed by atoms with Crippen molar-refractivity contribution in [3.05, 3.63) is 60.4 Å². The van der Waals surface area contributed by atoms with E-state index in [9.17, 15) is 4.39 Å². The molecule has 0 spiro atoms. The van der Waals surface area contributed by atoms with Gasteiger partial charge in [-0.05, 0) is 36.4 Å². The van der Waals surface area contributed by atoms with Crippen LogP contribution in [-0.2, 0) is 4.74 Å². The predicted molar refractivity (Wildman–Crippen MR) is 102 cm³/mol. The van der Waals surface area contributed by atoms with Crippen LogP contribution in [0.25, 0.3) is 0 Å². The summed E-state index contributed by atoms with van der Waals surface area (Å²) in [7, 11) is 0. The van der Waals surface area contributed by atoms with E-state index in [4.69, 9.17) is 4.74 Å². The minimum atomic E-state index is -0.295. The van der Waals surface area contributed by atoms with Crippen molar-refractivity contribution >= 4 is 29.2 Å². The number of anilines is 5. The fourth-order valence-electron chi connectivity index (χ4n) is 2.69. The van der Waals surface area contributed by atoms with Gasteiger partial charge < -0.3 is 20.3 Å². The van der Waals surface area contributed by atoms with Crippen molar-refractivity contribution in [1.82, 2.24) is 15.0 Å². The average molecular weight is 366 g/mol. The lowest BCUT2D eigenvalue weighted by molar-refractivity contribution is 0.122. The van der Waals surface area contributed by atoms with E-state index in [2.05, 4.69) is 30.5 Å². The molecule has 2 aromatic carbocycles. The molecule has 138 valence electrons. The lowest BCUT2D eigenvalue weighted by Gasteiger charge is -2.27. The number of hydrogen-bond acceptors (Lipinski definition) is 7. The van der Waals surface area contributed by atoms with Gasteiger partial charge in [-0.3, -0.25) is 0 Å². The van der Waals surface area contributed by atoms with Crippen LogP contribution in [0.3, 0.4) is 0 Å². The molecule has 27 heavy (non-hydrogen) atoms. The second kappa shape index (κ2) is 7.96. The van der Waals surface area contributed by atoms with Gasteiger partial charge in [0.15, 0.2) is 0 Å². The molecule has 1 aromatic heterocycles. The Kier molecular flexibility index (Phi) is 5.06. The molecule has 1 aliphatic heterocycles. The minimum Gasteiger partial charge on any atom is -0.378 e. The van der Waals surface area contributed by atoms with Crippen LogP contribution in [0.1, 0.15) is 0 Å². The molecule has 1 fully saturated rings. The highest BCUT2D eigenvalue weighted by Gasteiger charge is 2.17. The minimum absolute atomic E-state index is 0.295. The molecule has 4 rings (SSSR count). The third-order valence-electron chi connectivity index (χ3n) is 4.05. The number of para-hydroxylation sites is 1. The van der Waals surface area contributed by atoms with Crippen LogP contribution in [0.15, 0.2) is 54.6 Å². The number of ether oxygens (including phenoxy) is 1. The van der Waals surface area contributed by atoms with Gasteiger partial charge in [-0.15, -0.1) is 0 Å². The van der Waals surface area contributed by atoms with Crippen molar-refractivity contribution in [1.29, 1.82) is 0 Å². The Morgan fingerprint density at radius 1 is 0.778 bits per heavy atom. The van der Waals surface area contributed by atoms with Gasteiger partial charge in [-0.25, -0.2) is 4.39 Å². The van der Waals surface area contributed by atoms with Crippen LogP contribution in [-0.4, -0.2) is 41.3 Å². The molecule has 1 saturated heterocycles. The van der Waals surface area contributed by atoms with E-state index >= 15 is 0 Å². The average Bonchev–Trinajstić information content (AvgIpc) is 2.71. The van der Waals surface area contributed by atoms with Gasteiger partial charge in [0.1, 0.15) is 5.82 Å². The van der Waals surface area contributed by atoms with Gasteiger partial charge in [0.05, 0.1) is 13.2 Å². The van der Waals surface area contributed by atoms with Crippen molar-refractivity contribution < 1.29 is 9.13 Å².